The first-order chi connectivity index (χ1) is 8.19. The number of unbranched alkanes of at least 4 members (excludes halogenated alkanes) is 1. The van der Waals surface area contributed by atoms with Gasteiger partial charge in [0.15, 0.2) is 0 Å². The van der Waals surface area contributed by atoms with E-state index in [1.165, 1.54) is 0 Å². The average Bonchev–Trinajstić information content (AvgIpc) is 2.34. The molecule has 94 valence electrons. The predicted molar refractivity (Wildman–Crippen MR) is 67.0 cm³/mol. The van der Waals surface area contributed by atoms with Gasteiger partial charge in [0, 0.05) is 25.0 Å². The summed E-state index contributed by atoms with van der Waals surface area (Å²) in [6.45, 7) is 3.58. The molecule has 0 aliphatic rings. The van der Waals surface area contributed by atoms with Gasteiger partial charge in [0.25, 0.3) is 5.91 Å². The van der Waals surface area contributed by atoms with Crippen LogP contribution < -0.4 is 10.6 Å². The van der Waals surface area contributed by atoms with Crippen molar-refractivity contribution in [2.24, 2.45) is 5.73 Å². The van der Waals surface area contributed by atoms with Gasteiger partial charge in [0.1, 0.15) is 5.69 Å². The molecule has 0 spiro atoms. The molecular weight excluding hydrogens is 218 g/mol. The zero-order chi connectivity index (χ0) is 12.7. The van der Waals surface area contributed by atoms with Crippen molar-refractivity contribution in [1.82, 2.24) is 4.98 Å². The van der Waals surface area contributed by atoms with Gasteiger partial charge in [0.05, 0.1) is 6.61 Å². The lowest BCUT2D eigenvalue weighted by atomic mass is 10.2. The van der Waals surface area contributed by atoms with E-state index in [-0.39, 0.29) is 12.3 Å². The number of nitrogens with zero attached hydrogens (tertiary/aromatic N) is 2. The summed E-state index contributed by atoms with van der Waals surface area (Å²) in [5, 5.41) is 9.03. The van der Waals surface area contributed by atoms with Gasteiger partial charge in [-0.15, -0.1) is 0 Å². The summed E-state index contributed by atoms with van der Waals surface area (Å²) in [4.78, 5) is 17.0. The van der Waals surface area contributed by atoms with Gasteiger partial charge < -0.3 is 15.7 Å². The normalized spacial score (nSPS) is 10.2. The Hall–Kier alpha value is -1.62. The third-order valence-electron chi connectivity index (χ3n) is 2.51. The monoisotopic (exact) mass is 237 g/mol. The van der Waals surface area contributed by atoms with Gasteiger partial charge in [-0.3, -0.25) is 9.78 Å². The largest absolute Gasteiger partial charge is 0.395 e. The van der Waals surface area contributed by atoms with Crippen LogP contribution in [0.4, 0.5) is 5.69 Å². The minimum absolute atomic E-state index is 0.0813. The van der Waals surface area contributed by atoms with Crippen molar-refractivity contribution in [1.29, 1.82) is 0 Å². The Morgan fingerprint density at radius 1 is 1.53 bits per heavy atom. The SMILES string of the molecule is CCCCN(CCO)c1ccnc(C(N)=O)c1. The van der Waals surface area contributed by atoms with Crippen LogP contribution in [0.5, 0.6) is 0 Å². The number of pyridine rings is 1. The molecule has 0 radical (unpaired) electrons. The zero-order valence-corrected chi connectivity index (χ0v) is 10.1. The summed E-state index contributed by atoms with van der Waals surface area (Å²) in [6.07, 6.45) is 3.68. The Morgan fingerprint density at radius 3 is 2.88 bits per heavy atom. The Labute approximate surface area is 101 Å². The molecule has 1 amide bonds. The first-order valence-electron chi connectivity index (χ1n) is 5.80. The highest BCUT2D eigenvalue weighted by Crippen LogP contribution is 2.15. The standard InChI is InChI=1S/C12H19N3O2/c1-2-3-6-15(7-8-16)10-4-5-14-11(9-10)12(13)17/h4-5,9,16H,2-3,6-8H2,1H3,(H2,13,17). The molecule has 0 bridgehead atoms. The zero-order valence-electron chi connectivity index (χ0n) is 10.1. The van der Waals surface area contributed by atoms with Gasteiger partial charge in [-0.1, -0.05) is 13.3 Å². The lowest BCUT2D eigenvalue weighted by Gasteiger charge is -2.23. The minimum Gasteiger partial charge on any atom is -0.395 e. The van der Waals surface area contributed by atoms with Crippen LogP contribution in [0.15, 0.2) is 18.3 Å². The number of anilines is 1. The molecule has 3 N–H and O–H groups in total. The Morgan fingerprint density at radius 2 is 2.29 bits per heavy atom. The van der Waals surface area contributed by atoms with E-state index in [0.29, 0.717) is 6.54 Å². The number of amides is 1. The van der Waals surface area contributed by atoms with Crippen LogP contribution in [0, 0.1) is 0 Å². The van der Waals surface area contributed by atoms with E-state index in [9.17, 15) is 4.79 Å². The van der Waals surface area contributed by atoms with Crippen molar-refractivity contribution >= 4 is 11.6 Å². The van der Waals surface area contributed by atoms with E-state index in [1.54, 1.807) is 12.3 Å². The fraction of sp³-hybridized carbons (Fsp3) is 0.500. The molecule has 0 unspecified atom stereocenters. The Kier molecular flexibility index (Phi) is 5.42. The highest BCUT2D eigenvalue weighted by molar-refractivity contribution is 5.91. The van der Waals surface area contributed by atoms with E-state index in [2.05, 4.69) is 11.9 Å². The second kappa shape index (κ2) is 6.85. The summed E-state index contributed by atoms with van der Waals surface area (Å²) in [7, 11) is 0. The molecule has 0 aliphatic carbocycles. The smallest absolute Gasteiger partial charge is 0.267 e. The Bertz CT molecular complexity index is 369. The van der Waals surface area contributed by atoms with Crippen LogP contribution in [0.1, 0.15) is 30.3 Å². The number of aliphatic hydroxyl groups is 1. The van der Waals surface area contributed by atoms with Crippen LogP contribution in [0.2, 0.25) is 0 Å². The molecule has 0 aromatic carbocycles. The molecule has 0 saturated heterocycles. The maximum absolute atomic E-state index is 11.0. The van der Waals surface area contributed by atoms with E-state index in [4.69, 9.17) is 10.8 Å². The van der Waals surface area contributed by atoms with Crippen molar-refractivity contribution in [3.63, 3.8) is 0 Å². The second-order valence-electron chi connectivity index (χ2n) is 3.83. The van der Waals surface area contributed by atoms with Crippen LogP contribution in [0.3, 0.4) is 0 Å². The molecule has 1 heterocycles. The van der Waals surface area contributed by atoms with Crippen molar-refractivity contribution in [3.8, 4) is 0 Å². The van der Waals surface area contributed by atoms with Crippen molar-refractivity contribution in [2.75, 3.05) is 24.6 Å². The molecule has 0 fully saturated rings. The van der Waals surface area contributed by atoms with Crippen LogP contribution in [0.25, 0.3) is 0 Å². The Balaban J connectivity index is 2.84. The maximum Gasteiger partial charge on any atom is 0.267 e. The quantitative estimate of drug-likeness (QED) is 0.734. The molecular formula is C12H19N3O2. The molecule has 1 rings (SSSR count). The molecule has 17 heavy (non-hydrogen) atoms. The van der Waals surface area contributed by atoms with Crippen molar-refractivity contribution < 1.29 is 9.90 Å². The third-order valence-corrected chi connectivity index (χ3v) is 2.51. The maximum atomic E-state index is 11.0. The molecule has 1 aromatic rings. The summed E-state index contributed by atoms with van der Waals surface area (Å²) >= 11 is 0. The van der Waals surface area contributed by atoms with E-state index in [0.717, 1.165) is 25.1 Å². The number of nitrogens with two attached hydrogens (primary N) is 1. The molecule has 1 aromatic heterocycles. The van der Waals surface area contributed by atoms with Gasteiger partial charge in [0.2, 0.25) is 0 Å². The number of hydrogen-bond donors (Lipinski definition) is 2. The first-order valence-corrected chi connectivity index (χ1v) is 5.80. The van der Waals surface area contributed by atoms with E-state index in [1.807, 2.05) is 11.0 Å². The number of primary amides is 1. The average molecular weight is 237 g/mol. The molecule has 0 saturated carbocycles. The van der Waals surface area contributed by atoms with Gasteiger partial charge in [-0.25, -0.2) is 0 Å². The molecule has 0 aliphatic heterocycles. The second-order valence-corrected chi connectivity index (χ2v) is 3.83. The van der Waals surface area contributed by atoms with Crippen LogP contribution >= 0.6 is 0 Å². The number of rotatable bonds is 7. The van der Waals surface area contributed by atoms with Gasteiger partial charge >= 0.3 is 0 Å². The number of carbonyl (C=O) groups excluding carboxylic acids is 1. The van der Waals surface area contributed by atoms with Gasteiger partial charge in [-0.05, 0) is 18.6 Å². The number of hydrogen-bond acceptors (Lipinski definition) is 4. The number of aliphatic hydroxyl groups excluding tert-OH is 1. The summed E-state index contributed by atoms with van der Waals surface area (Å²) in [6, 6.07) is 3.48. The highest BCUT2D eigenvalue weighted by Gasteiger charge is 2.08. The summed E-state index contributed by atoms with van der Waals surface area (Å²) < 4.78 is 0. The van der Waals surface area contributed by atoms with E-state index >= 15 is 0 Å². The van der Waals surface area contributed by atoms with Crippen molar-refractivity contribution in [2.45, 2.75) is 19.8 Å². The van der Waals surface area contributed by atoms with Crippen LogP contribution in [-0.2, 0) is 0 Å². The molecule has 5 nitrogen and oxygen atoms in total. The highest BCUT2D eigenvalue weighted by atomic mass is 16.3. The first kappa shape index (κ1) is 13.4. The van der Waals surface area contributed by atoms with E-state index < -0.39 is 5.91 Å². The lowest BCUT2D eigenvalue weighted by Crippen LogP contribution is -2.28. The molecule has 0 atom stereocenters. The summed E-state index contributed by atoms with van der Waals surface area (Å²) in [5.41, 5.74) is 6.31. The van der Waals surface area contributed by atoms with Gasteiger partial charge in [-0.2, -0.15) is 0 Å². The minimum atomic E-state index is -0.536. The number of aromatic nitrogens is 1. The van der Waals surface area contributed by atoms with Crippen molar-refractivity contribution in [3.05, 3.63) is 24.0 Å². The fourth-order valence-corrected chi connectivity index (χ4v) is 1.59. The van der Waals surface area contributed by atoms with Crippen LogP contribution in [-0.4, -0.2) is 35.7 Å². The summed E-state index contributed by atoms with van der Waals surface area (Å²) in [5.74, 6) is -0.536. The lowest BCUT2D eigenvalue weighted by molar-refractivity contribution is 0.0995. The topological polar surface area (TPSA) is 79.4 Å². The third kappa shape index (κ3) is 4.03. The number of carbonyl (C=O) groups is 1. The predicted octanol–water partition coefficient (Wildman–Crippen LogP) is 0.779. The fourth-order valence-electron chi connectivity index (χ4n) is 1.59. The molecule has 5 heteroatoms.